The molecular formula is C46H61BrN4O12. The summed E-state index contributed by atoms with van der Waals surface area (Å²) in [7, 11) is 0. The van der Waals surface area contributed by atoms with Crippen molar-refractivity contribution in [2.45, 2.75) is 125 Å². The molecule has 17 heteroatoms. The lowest BCUT2D eigenvalue weighted by Crippen LogP contribution is -2.64. The van der Waals surface area contributed by atoms with Gasteiger partial charge in [0.25, 0.3) is 0 Å². The van der Waals surface area contributed by atoms with Gasteiger partial charge in [0.15, 0.2) is 11.6 Å². The van der Waals surface area contributed by atoms with E-state index in [1.807, 2.05) is 70.5 Å². The van der Waals surface area contributed by atoms with E-state index in [4.69, 9.17) is 33.2 Å². The van der Waals surface area contributed by atoms with E-state index in [1.165, 1.54) is 0 Å². The molecular weight excluding hydrogens is 880 g/mol. The fourth-order valence-electron chi connectivity index (χ4n) is 10.4. The zero-order chi connectivity index (χ0) is 43.8. The number of ether oxygens (including phenoxy) is 7. The summed E-state index contributed by atoms with van der Waals surface area (Å²) < 4.78 is 40.4. The maximum atomic E-state index is 12.9. The standard InChI is InChI=1S/C23H31BrN2O6.C23H30N2O6/c24-15-21(28)26(19-14-23(9-6-20(19)27)31-12-13-32-23)18-7-10-25(11-8-18)22(29)30-16-17-4-2-1-3-5-17;26-21-16-28-20-6-9-23(30-12-13-31-23)14-19(20)25(21)18-7-10-24(11-8-18)22(27)29-15-17-4-2-1-3-5-17/h1-5,18-20,27H,6-16H2;1-5,18-20H,6-16H2/t2*19-,20-/m11/s1. The van der Waals surface area contributed by atoms with Crippen LogP contribution >= 0.6 is 15.9 Å². The molecule has 5 heterocycles. The van der Waals surface area contributed by atoms with E-state index in [9.17, 15) is 24.3 Å². The minimum Gasteiger partial charge on any atom is -0.445 e. The van der Waals surface area contributed by atoms with Crippen LogP contribution in [-0.4, -0.2) is 161 Å². The second-order valence-electron chi connectivity index (χ2n) is 17.5. The number of aliphatic hydroxyl groups excluding tert-OH is 1. The number of likely N-dealkylation sites (tertiary alicyclic amines) is 2. The van der Waals surface area contributed by atoms with Crippen LogP contribution in [0, 0.1) is 0 Å². The molecule has 2 aromatic carbocycles. The van der Waals surface area contributed by atoms with Crippen molar-refractivity contribution in [3.05, 3.63) is 71.8 Å². The number of carbonyl (C=O) groups is 4. The number of piperidine rings is 2. The summed E-state index contributed by atoms with van der Waals surface area (Å²) in [5.41, 5.74) is 1.92. The third kappa shape index (κ3) is 11.0. The highest BCUT2D eigenvalue weighted by molar-refractivity contribution is 9.09. The predicted octanol–water partition coefficient (Wildman–Crippen LogP) is 4.98. The summed E-state index contributed by atoms with van der Waals surface area (Å²) in [5.74, 6) is -1.30. The van der Waals surface area contributed by atoms with Crippen molar-refractivity contribution < 1.29 is 57.4 Å². The van der Waals surface area contributed by atoms with Crippen molar-refractivity contribution in [2.24, 2.45) is 0 Å². The van der Waals surface area contributed by atoms with Crippen molar-refractivity contribution in [1.82, 2.24) is 19.6 Å². The van der Waals surface area contributed by atoms with E-state index < -0.39 is 17.7 Å². The lowest BCUT2D eigenvalue weighted by atomic mass is 9.83. The van der Waals surface area contributed by atoms with E-state index in [0.29, 0.717) is 91.1 Å². The zero-order valence-electron chi connectivity index (χ0n) is 35.9. The topological polar surface area (TPSA) is 166 Å². The van der Waals surface area contributed by atoms with Gasteiger partial charge in [-0.05, 0) is 49.7 Å². The van der Waals surface area contributed by atoms with Gasteiger partial charge in [-0.3, -0.25) is 9.59 Å². The number of fused-ring (bicyclic) bond motifs is 1. The predicted molar refractivity (Wildman–Crippen MR) is 230 cm³/mol. The number of benzene rings is 2. The monoisotopic (exact) mass is 940 g/mol. The molecule has 5 aliphatic heterocycles. The van der Waals surface area contributed by atoms with Crippen LogP contribution in [0.3, 0.4) is 0 Å². The Labute approximate surface area is 377 Å². The molecule has 2 saturated carbocycles. The molecule has 16 nitrogen and oxygen atoms in total. The van der Waals surface area contributed by atoms with Crippen LogP contribution in [0.1, 0.15) is 75.3 Å². The Morgan fingerprint density at radius 1 is 0.714 bits per heavy atom. The van der Waals surface area contributed by atoms with E-state index >= 15 is 0 Å². The molecule has 0 radical (unpaired) electrons. The van der Waals surface area contributed by atoms with Crippen LogP contribution in [0.25, 0.3) is 0 Å². The third-order valence-electron chi connectivity index (χ3n) is 13.6. The third-order valence-corrected chi connectivity index (χ3v) is 14.1. The average Bonchev–Trinajstić information content (AvgIpc) is 3.99. The molecule has 2 spiro atoms. The molecule has 63 heavy (non-hydrogen) atoms. The van der Waals surface area contributed by atoms with Gasteiger partial charge in [0, 0.05) is 63.9 Å². The molecule has 2 aliphatic carbocycles. The highest BCUT2D eigenvalue weighted by Crippen LogP contribution is 2.42. The highest BCUT2D eigenvalue weighted by Gasteiger charge is 2.52. The summed E-state index contributed by atoms with van der Waals surface area (Å²) in [6, 6.07) is 18.9. The average molecular weight is 942 g/mol. The number of aliphatic hydroxyl groups is 1. The smallest absolute Gasteiger partial charge is 0.410 e. The van der Waals surface area contributed by atoms with E-state index in [-0.39, 0.29) is 79.4 Å². The second-order valence-corrected chi connectivity index (χ2v) is 18.1. The maximum absolute atomic E-state index is 12.9. The number of morpholine rings is 1. The summed E-state index contributed by atoms with van der Waals surface area (Å²) >= 11 is 3.30. The molecule has 5 saturated heterocycles. The van der Waals surface area contributed by atoms with Crippen LogP contribution in [0.15, 0.2) is 60.7 Å². The minimum atomic E-state index is -0.698. The number of halogens is 1. The molecule has 1 N–H and O–H groups in total. The normalized spacial score (nSPS) is 27.1. The van der Waals surface area contributed by atoms with E-state index in [0.717, 1.165) is 36.8 Å². The SMILES string of the molecule is O=C(OCc1ccccc1)N1CCC(N(C(=O)CBr)[C@@H]2CC3(CC[C@H]2O)OCCO3)CC1.O=C(OCc1ccccc1)N1CCC(N2C(=O)CO[C@@H]3CCC4(C[C@H]32)OCCO4)CC1. The zero-order valence-corrected chi connectivity index (χ0v) is 37.5. The first-order valence-corrected chi connectivity index (χ1v) is 23.7. The number of hydrogen-bond acceptors (Lipinski definition) is 12. The fourth-order valence-corrected chi connectivity index (χ4v) is 10.7. The molecule has 9 rings (SSSR count). The van der Waals surface area contributed by atoms with Crippen molar-refractivity contribution in [3.8, 4) is 0 Å². The van der Waals surface area contributed by atoms with Gasteiger partial charge in [-0.25, -0.2) is 9.59 Å². The van der Waals surface area contributed by atoms with Crippen LogP contribution in [-0.2, 0) is 56.0 Å². The molecule has 0 bridgehead atoms. The highest BCUT2D eigenvalue weighted by atomic mass is 79.9. The molecule has 2 aromatic rings. The Bertz CT molecular complexity index is 1830. The Balaban J connectivity index is 0.000000173. The van der Waals surface area contributed by atoms with Crippen molar-refractivity contribution >= 4 is 39.9 Å². The lowest BCUT2D eigenvalue weighted by Gasteiger charge is -2.51. The van der Waals surface area contributed by atoms with Crippen molar-refractivity contribution in [1.29, 1.82) is 0 Å². The lowest BCUT2D eigenvalue weighted by molar-refractivity contribution is -0.225. The van der Waals surface area contributed by atoms with E-state index in [1.54, 1.807) is 9.80 Å². The summed E-state index contributed by atoms with van der Waals surface area (Å²) in [5, 5.41) is 11.0. The van der Waals surface area contributed by atoms with Gasteiger partial charge in [0.05, 0.1) is 56.0 Å². The molecule has 344 valence electrons. The van der Waals surface area contributed by atoms with Crippen LogP contribution < -0.4 is 0 Å². The number of alkyl halides is 1. The van der Waals surface area contributed by atoms with Crippen LogP contribution in [0.4, 0.5) is 9.59 Å². The number of rotatable bonds is 8. The summed E-state index contributed by atoms with van der Waals surface area (Å²) in [6.07, 6.45) is 5.45. The molecule has 4 atom stereocenters. The van der Waals surface area contributed by atoms with Gasteiger partial charge in [-0.15, -0.1) is 0 Å². The largest absolute Gasteiger partial charge is 0.445 e. The van der Waals surface area contributed by atoms with E-state index in [2.05, 4.69) is 15.9 Å². The first kappa shape index (κ1) is 45.7. The van der Waals surface area contributed by atoms with Gasteiger partial charge in [0.2, 0.25) is 11.8 Å². The molecule has 7 aliphatic rings. The summed E-state index contributed by atoms with van der Waals surface area (Å²) in [4.78, 5) is 58.0. The fraction of sp³-hybridized carbons (Fsp3) is 0.652. The minimum absolute atomic E-state index is 0.0291. The number of amides is 4. The molecule has 0 aromatic heterocycles. The van der Waals surface area contributed by atoms with Gasteiger partial charge in [-0.1, -0.05) is 76.6 Å². The summed E-state index contributed by atoms with van der Waals surface area (Å²) in [6.45, 7) is 5.11. The Morgan fingerprint density at radius 2 is 1.22 bits per heavy atom. The Kier molecular flexibility index (Phi) is 15.2. The van der Waals surface area contributed by atoms with Crippen molar-refractivity contribution in [2.75, 3.05) is 64.5 Å². The van der Waals surface area contributed by atoms with Crippen molar-refractivity contribution in [3.63, 3.8) is 0 Å². The number of nitrogens with zero attached hydrogens (tertiary/aromatic N) is 4. The molecule has 0 unspecified atom stereocenters. The van der Waals surface area contributed by atoms with Crippen LogP contribution in [0.5, 0.6) is 0 Å². The second kappa shape index (κ2) is 21.0. The number of carbonyl (C=O) groups excluding carboxylic acids is 4. The Morgan fingerprint density at radius 3 is 1.76 bits per heavy atom. The van der Waals surface area contributed by atoms with Gasteiger partial charge >= 0.3 is 12.2 Å². The maximum Gasteiger partial charge on any atom is 0.410 e. The first-order chi connectivity index (χ1) is 30.6. The number of hydrogen-bond donors (Lipinski definition) is 1. The van der Waals surface area contributed by atoms with Gasteiger partial charge < -0.3 is 57.9 Å². The molecule has 7 fully saturated rings. The molecule has 4 amide bonds. The van der Waals surface area contributed by atoms with Crippen LogP contribution in [0.2, 0.25) is 0 Å². The van der Waals surface area contributed by atoms with Gasteiger partial charge in [0.1, 0.15) is 19.8 Å². The Hall–Kier alpha value is -3.84. The van der Waals surface area contributed by atoms with Gasteiger partial charge in [-0.2, -0.15) is 0 Å². The first-order valence-electron chi connectivity index (χ1n) is 22.6. The quantitative estimate of drug-likeness (QED) is 0.354.